The van der Waals surface area contributed by atoms with Gasteiger partial charge in [-0.25, -0.2) is 4.98 Å². The zero-order valence-electron chi connectivity index (χ0n) is 12.9. The molecule has 0 aromatic carbocycles. The highest BCUT2D eigenvalue weighted by molar-refractivity contribution is 6.29. The van der Waals surface area contributed by atoms with Crippen LogP contribution in [0.3, 0.4) is 0 Å². The molecule has 1 aromatic rings. The molecule has 1 amide bonds. The van der Waals surface area contributed by atoms with Gasteiger partial charge in [-0.2, -0.15) is 5.26 Å². The van der Waals surface area contributed by atoms with Gasteiger partial charge in [-0.1, -0.05) is 38.8 Å². The van der Waals surface area contributed by atoms with Gasteiger partial charge in [0.2, 0.25) is 0 Å². The van der Waals surface area contributed by atoms with Gasteiger partial charge in [-0.05, 0) is 24.5 Å². The van der Waals surface area contributed by atoms with Gasteiger partial charge < -0.3 is 4.90 Å². The summed E-state index contributed by atoms with van der Waals surface area (Å²) in [5, 5.41) is 9.08. The summed E-state index contributed by atoms with van der Waals surface area (Å²) in [5.41, 5.74) is 1.38. The molecule has 0 saturated heterocycles. The average Bonchev–Trinajstić information content (AvgIpc) is 2.42. The van der Waals surface area contributed by atoms with E-state index in [0.29, 0.717) is 36.1 Å². The highest BCUT2D eigenvalue weighted by Gasteiger charge is 2.18. The van der Waals surface area contributed by atoms with Crippen LogP contribution in [0.4, 0.5) is 0 Å². The minimum absolute atomic E-state index is 0.0828. The summed E-state index contributed by atoms with van der Waals surface area (Å²) in [6, 6.07) is 5.49. The Labute approximate surface area is 131 Å². The van der Waals surface area contributed by atoms with Crippen molar-refractivity contribution in [2.75, 3.05) is 13.1 Å². The second-order valence-electron chi connectivity index (χ2n) is 5.47. The topological polar surface area (TPSA) is 57.0 Å². The van der Waals surface area contributed by atoms with E-state index in [9.17, 15) is 4.79 Å². The van der Waals surface area contributed by atoms with Gasteiger partial charge in [0.05, 0.1) is 12.5 Å². The summed E-state index contributed by atoms with van der Waals surface area (Å²) in [6.45, 7) is 7.23. The highest BCUT2D eigenvalue weighted by atomic mass is 35.5. The smallest absolute Gasteiger partial charge is 0.254 e. The van der Waals surface area contributed by atoms with Crippen molar-refractivity contribution in [3.05, 3.63) is 28.5 Å². The quantitative estimate of drug-likeness (QED) is 0.722. The van der Waals surface area contributed by atoms with Crippen LogP contribution in [0, 0.1) is 17.2 Å². The monoisotopic (exact) mass is 307 g/mol. The molecular weight excluding hydrogens is 286 g/mol. The van der Waals surface area contributed by atoms with Gasteiger partial charge in [0, 0.05) is 24.3 Å². The zero-order valence-corrected chi connectivity index (χ0v) is 13.7. The largest absolute Gasteiger partial charge is 0.337 e. The molecule has 0 aliphatic heterocycles. The third-order valence-electron chi connectivity index (χ3n) is 2.97. The van der Waals surface area contributed by atoms with E-state index in [4.69, 9.17) is 16.9 Å². The number of nitriles is 1. The lowest BCUT2D eigenvalue weighted by Crippen LogP contribution is -2.35. The van der Waals surface area contributed by atoms with E-state index in [1.165, 1.54) is 0 Å². The molecule has 1 rings (SSSR count). The highest BCUT2D eigenvalue weighted by Crippen LogP contribution is 2.15. The van der Waals surface area contributed by atoms with Crippen LogP contribution >= 0.6 is 11.6 Å². The molecule has 4 nitrogen and oxygen atoms in total. The van der Waals surface area contributed by atoms with Crippen LogP contribution in [0.1, 0.15) is 49.7 Å². The van der Waals surface area contributed by atoms with Crippen LogP contribution in [0.15, 0.2) is 12.1 Å². The van der Waals surface area contributed by atoms with Crippen molar-refractivity contribution in [2.24, 2.45) is 5.92 Å². The molecule has 0 bridgehead atoms. The van der Waals surface area contributed by atoms with Gasteiger partial charge in [0.1, 0.15) is 5.15 Å². The molecule has 0 unspecified atom stereocenters. The summed E-state index contributed by atoms with van der Waals surface area (Å²) >= 11 is 6.01. The first-order valence-corrected chi connectivity index (χ1v) is 7.68. The minimum atomic E-state index is -0.0828. The summed E-state index contributed by atoms with van der Waals surface area (Å²) in [6.07, 6.45) is 2.08. The molecule has 1 heterocycles. The van der Waals surface area contributed by atoms with E-state index in [0.717, 1.165) is 18.5 Å². The zero-order chi connectivity index (χ0) is 15.8. The van der Waals surface area contributed by atoms with Crippen molar-refractivity contribution < 1.29 is 4.79 Å². The lowest BCUT2D eigenvalue weighted by Gasteiger charge is -2.24. The second-order valence-corrected chi connectivity index (χ2v) is 5.86. The molecule has 5 heteroatoms. The summed E-state index contributed by atoms with van der Waals surface area (Å²) < 4.78 is 0. The van der Waals surface area contributed by atoms with E-state index in [-0.39, 0.29) is 5.91 Å². The molecule has 0 aliphatic carbocycles. The van der Waals surface area contributed by atoms with Crippen LogP contribution in [-0.2, 0) is 6.42 Å². The van der Waals surface area contributed by atoms with Crippen LogP contribution < -0.4 is 0 Å². The second kappa shape index (κ2) is 8.63. The molecule has 0 spiro atoms. The van der Waals surface area contributed by atoms with Crippen molar-refractivity contribution in [3.8, 4) is 6.07 Å². The summed E-state index contributed by atoms with van der Waals surface area (Å²) in [5.74, 6) is 0.265. The van der Waals surface area contributed by atoms with Gasteiger partial charge in [-0.15, -0.1) is 0 Å². The Morgan fingerprint density at radius 1 is 1.48 bits per heavy atom. The number of carbonyl (C=O) groups is 1. The number of halogens is 1. The number of amides is 1. The molecular formula is C16H22ClN3O. The predicted octanol–water partition coefficient (Wildman–Crippen LogP) is 3.70. The third-order valence-corrected chi connectivity index (χ3v) is 3.16. The first-order valence-electron chi connectivity index (χ1n) is 7.30. The molecule has 0 atom stereocenters. The molecule has 0 radical (unpaired) electrons. The Hall–Kier alpha value is -1.60. The van der Waals surface area contributed by atoms with E-state index in [1.54, 1.807) is 17.0 Å². The summed E-state index contributed by atoms with van der Waals surface area (Å²) in [4.78, 5) is 18.6. The standard InChI is InChI=1S/C16H22ClN3O/c1-4-6-14-9-13(10-15(17)19-14)16(21)20(8-5-7-18)11-12(2)3/h9-10,12H,4-6,8,11H2,1-3H3. The molecule has 0 fully saturated rings. The lowest BCUT2D eigenvalue weighted by molar-refractivity contribution is 0.0739. The predicted molar refractivity (Wildman–Crippen MR) is 84.2 cm³/mol. The normalized spacial score (nSPS) is 10.5. The Morgan fingerprint density at radius 3 is 2.76 bits per heavy atom. The SMILES string of the molecule is CCCc1cc(C(=O)N(CCC#N)CC(C)C)cc(Cl)n1. The fraction of sp³-hybridized carbons (Fsp3) is 0.562. The number of hydrogen-bond donors (Lipinski definition) is 0. The van der Waals surface area contributed by atoms with Crippen LogP contribution in [0.25, 0.3) is 0 Å². The average molecular weight is 308 g/mol. The third kappa shape index (κ3) is 5.73. The Balaban J connectivity index is 2.99. The van der Waals surface area contributed by atoms with Crippen molar-refractivity contribution in [2.45, 2.75) is 40.0 Å². The minimum Gasteiger partial charge on any atom is -0.337 e. The lowest BCUT2D eigenvalue weighted by atomic mass is 10.1. The maximum Gasteiger partial charge on any atom is 0.254 e. The van der Waals surface area contributed by atoms with E-state index in [1.807, 2.05) is 0 Å². The van der Waals surface area contributed by atoms with Gasteiger partial charge in [0.25, 0.3) is 5.91 Å². The molecule has 0 aliphatic rings. The number of carbonyl (C=O) groups excluding carboxylic acids is 1. The number of pyridine rings is 1. The molecule has 21 heavy (non-hydrogen) atoms. The number of aromatic nitrogens is 1. The first-order chi connectivity index (χ1) is 9.97. The van der Waals surface area contributed by atoms with Crippen molar-refractivity contribution in [1.29, 1.82) is 5.26 Å². The molecule has 1 aromatic heterocycles. The van der Waals surface area contributed by atoms with Crippen LogP contribution in [0.5, 0.6) is 0 Å². The number of hydrogen-bond acceptors (Lipinski definition) is 3. The van der Waals surface area contributed by atoms with Crippen molar-refractivity contribution in [1.82, 2.24) is 9.88 Å². The number of nitrogens with zero attached hydrogens (tertiary/aromatic N) is 3. The Bertz CT molecular complexity index is 523. The van der Waals surface area contributed by atoms with Crippen LogP contribution in [0.2, 0.25) is 5.15 Å². The van der Waals surface area contributed by atoms with Gasteiger partial charge >= 0.3 is 0 Å². The van der Waals surface area contributed by atoms with Gasteiger partial charge in [-0.3, -0.25) is 4.79 Å². The first kappa shape index (κ1) is 17.5. The fourth-order valence-corrected chi connectivity index (χ4v) is 2.37. The molecule has 0 N–H and O–H groups in total. The van der Waals surface area contributed by atoms with E-state index >= 15 is 0 Å². The van der Waals surface area contributed by atoms with Crippen molar-refractivity contribution >= 4 is 17.5 Å². The molecule has 0 saturated carbocycles. The summed E-state index contributed by atoms with van der Waals surface area (Å²) in [7, 11) is 0. The van der Waals surface area contributed by atoms with Crippen LogP contribution in [-0.4, -0.2) is 28.9 Å². The van der Waals surface area contributed by atoms with E-state index in [2.05, 4.69) is 31.8 Å². The fourth-order valence-electron chi connectivity index (χ4n) is 2.14. The Kier molecular flexibility index (Phi) is 7.18. The number of rotatable bonds is 7. The van der Waals surface area contributed by atoms with E-state index < -0.39 is 0 Å². The Morgan fingerprint density at radius 2 is 2.19 bits per heavy atom. The van der Waals surface area contributed by atoms with Gasteiger partial charge in [0.15, 0.2) is 0 Å². The molecule has 114 valence electrons. The maximum atomic E-state index is 12.6. The number of aryl methyl sites for hydroxylation is 1. The van der Waals surface area contributed by atoms with Crippen molar-refractivity contribution in [3.63, 3.8) is 0 Å². The maximum absolute atomic E-state index is 12.6.